The fraction of sp³-hybridized carbons (Fsp3) is 1.00. The van der Waals surface area contributed by atoms with Gasteiger partial charge in [0.05, 0.1) is 6.10 Å². The van der Waals surface area contributed by atoms with Crippen LogP contribution in [-0.2, 0) is 10.0 Å². The Kier molecular flexibility index (Phi) is 2.56. The largest absolute Gasteiger partial charge is 0.511 e. The molecule has 13 heavy (non-hydrogen) atoms. The van der Waals surface area contributed by atoms with Crippen LogP contribution in [0.15, 0.2) is 0 Å². The summed E-state index contributed by atoms with van der Waals surface area (Å²) in [5.41, 5.74) is -5.27. The maximum absolute atomic E-state index is 11.9. The molecule has 0 saturated carbocycles. The van der Waals surface area contributed by atoms with Gasteiger partial charge in [0.25, 0.3) is 0 Å². The molecule has 0 aromatic rings. The number of hydrogen-bond donors (Lipinski definition) is 1. The van der Waals surface area contributed by atoms with Gasteiger partial charge < -0.3 is 5.11 Å². The van der Waals surface area contributed by atoms with Gasteiger partial charge in [0, 0.05) is 13.1 Å². The van der Waals surface area contributed by atoms with Gasteiger partial charge in [0.2, 0.25) is 0 Å². The fourth-order valence-corrected chi connectivity index (χ4v) is 2.08. The van der Waals surface area contributed by atoms with Gasteiger partial charge in [-0.3, -0.25) is 0 Å². The van der Waals surface area contributed by atoms with Gasteiger partial charge in [-0.1, -0.05) is 0 Å². The first-order valence-corrected chi connectivity index (χ1v) is 4.93. The number of aliphatic hydroxyl groups is 1. The number of nitrogens with zero attached hydrogens (tertiary/aromatic N) is 1. The Labute approximate surface area is 73.0 Å². The summed E-state index contributed by atoms with van der Waals surface area (Å²) < 4.78 is 57.3. The molecule has 1 aliphatic heterocycles. The van der Waals surface area contributed by atoms with Crippen molar-refractivity contribution in [2.75, 3.05) is 13.1 Å². The molecule has 4 nitrogen and oxygen atoms in total. The Morgan fingerprint density at radius 3 is 2.23 bits per heavy atom. The van der Waals surface area contributed by atoms with E-state index in [2.05, 4.69) is 0 Å². The second kappa shape index (κ2) is 3.10. The molecule has 1 aliphatic rings. The molecule has 1 fully saturated rings. The van der Waals surface area contributed by atoms with Crippen molar-refractivity contribution in [2.24, 2.45) is 0 Å². The van der Waals surface area contributed by atoms with Crippen LogP contribution in [0, 0.1) is 0 Å². The number of β-amino-alcohol motifs (C(OH)–C–C–N with tert-alkyl or cyclic N) is 1. The molecule has 0 aromatic carbocycles. The second-order valence-corrected chi connectivity index (χ2v) is 4.68. The van der Waals surface area contributed by atoms with Crippen LogP contribution in [0.5, 0.6) is 0 Å². The van der Waals surface area contributed by atoms with E-state index in [1.807, 2.05) is 0 Å². The molecule has 0 aliphatic carbocycles. The first-order valence-electron chi connectivity index (χ1n) is 3.49. The van der Waals surface area contributed by atoms with E-state index < -0.39 is 28.2 Å². The minimum atomic E-state index is -5.27. The highest BCUT2D eigenvalue weighted by Crippen LogP contribution is 2.29. The summed E-state index contributed by atoms with van der Waals surface area (Å²) in [6, 6.07) is 0. The van der Waals surface area contributed by atoms with Crippen LogP contribution in [0.3, 0.4) is 0 Å². The molecule has 1 rings (SSSR count). The summed E-state index contributed by atoms with van der Waals surface area (Å²) in [5.74, 6) is 0. The van der Waals surface area contributed by atoms with E-state index >= 15 is 0 Å². The summed E-state index contributed by atoms with van der Waals surface area (Å²) >= 11 is 0. The molecular formula is C5H8F3NO3S. The first kappa shape index (κ1) is 10.7. The quantitative estimate of drug-likeness (QED) is 0.670. The Balaban J connectivity index is 2.84. The van der Waals surface area contributed by atoms with Crippen molar-refractivity contribution >= 4 is 10.0 Å². The maximum atomic E-state index is 11.9. The van der Waals surface area contributed by atoms with Crippen molar-refractivity contribution in [3.8, 4) is 0 Å². The SMILES string of the molecule is O=S(=O)(N1CCC(O)C1)C(F)(F)F. The van der Waals surface area contributed by atoms with Crippen molar-refractivity contribution in [3.05, 3.63) is 0 Å². The monoisotopic (exact) mass is 219 g/mol. The highest BCUT2D eigenvalue weighted by atomic mass is 32.2. The third-order valence-electron chi connectivity index (χ3n) is 1.76. The van der Waals surface area contributed by atoms with Crippen LogP contribution in [-0.4, -0.2) is 42.5 Å². The van der Waals surface area contributed by atoms with Gasteiger partial charge in [0.15, 0.2) is 0 Å². The van der Waals surface area contributed by atoms with Crippen molar-refractivity contribution in [1.82, 2.24) is 4.31 Å². The molecule has 1 saturated heterocycles. The van der Waals surface area contributed by atoms with Crippen LogP contribution in [0.1, 0.15) is 6.42 Å². The van der Waals surface area contributed by atoms with Gasteiger partial charge in [-0.25, -0.2) is 8.42 Å². The zero-order chi connectivity index (χ0) is 10.3. The van der Waals surface area contributed by atoms with Gasteiger partial charge in [-0.15, -0.1) is 0 Å². The van der Waals surface area contributed by atoms with Gasteiger partial charge in [-0.2, -0.15) is 17.5 Å². The Morgan fingerprint density at radius 2 is 1.92 bits per heavy atom. The van der Waals surface area contributed by atoms with E-state index in [4.69, 9.17) is 5.11 Å². The Hall–Kier alpha value is -0.340. The molecule has 0 bridgehead atoms. The van der Waals surface area contributed by atoms with Crippen molar-refractivity contribution in [1.29, 1.82) is 0 Å². The predicted octanol–water partition coefficient (Wildman–Crippen LogP) is -0.0974. The van der Waals surface area contributed by atoms with Gasteiger partial charge >= 0.3 is 15.5 Å². The molecule has 0 radical (unpaired) electrons. The molecule has 0 spiro atoms. The Bertz CT molecular complexity index is 286. The van der Waals surface area contributed by atoms with Gasteiger partial charge in [-0.05, 0) is 6.42 Å². The van der Waals surface area contributed by atoms with Crippen molar-refractivity contribution < 1.29 is 26.7 Å². The van der Waals surface area contributed by atoms with Crippen molar-refractivity contribution in [2.45, 2.75) is 18.0 Å². The molecule has 1 N–H and O–H groups in total. The normalized spacial score (nSPS) is 26.6. The third-order valence-corrected chi connectivity index (χ3v) is 3.35. The van der Waals surface area contributed by atoms with E-state index in [9.17, 15) is 21.6 Å². The number of hydrogen-bond acceptors (Lipinski definition) is 3. The molecule has 1 heterocycles. The second-order valence-electron chi connectivity index (χ2n) is 2.75. The van der Waals surface area contributed by atoms with Crippen molar-refractivity contribution in [3.63, 3.8) is 0 Å². The van der Waals surface area contributed by atoms with Crippen LogP contribution in [0.2, 0.25) is 0 Å². The molecule has 78 valence electrons. The lowest BCUT2D eigenvalue weighted by Crippen LogP contribution is -2.39. The third kappa shape index (κ3) is 1.94. The standard InChI is InChI=1S/C5H8F3NO3S/c6-5(7,8)13(11,12)9-2-1-4(10)3-9/h4,10H,1-3H2. The van der Waals surface area contributed by atoms with Gasteiger partial charge in [0.1, 0.15) is 0 Å². The molecule has 0 amide bonds. The van der Waals surface area contributed by atoms with E-state index in [0.29, 0.717) is 0 Å². The number of rotatable bonds is 1. The van der Waals surface area contributed by atoms with E-state index in [0.717, 1.165) is 0 Å². The summed E-state index contributed by atoms with van der Waals surface area (Å²) in [7, 11) is -5.24. The summed E-state index contributed by atoms with van der Waals surface area (Å²) in [4.78, 5) is 0. The number of aliphatic hydroxyl groups excluding tert-OH is 1. The van der Waals surface area contributed by atoms with Crippen LogP contribution in [0.25, 0.3) is 0 Å². The summed E-state index contributed by atoms with van der Waals surface area (Å²) in [6.45, 7) is -0.745. The maximum Gasteiger partial charge on any atom is 0.511 e. The minimum Gasteiger partial charge on any atom is -0.392 e. The van der Waals surface area contributed by atoms with E-state index in [-0.39, 0.29) is 17.3 Å². The number of sulfonamides is 1. The molecule has 1 atom stereocenters. The Morgan fingerprint density at radius 1 is 1.38 bits per heavy atom. The smallest absolute Gasteiger partial charge is 0.392 e. The lowest BCUT2D eigenvalue weighted by molar-refractivity contribution is -0.0485. The predicted molar refractivity (Wildman–Crippen MR) is 37.2 cm³/mol. The molecule has 8 heteroatoms. The summed E-state index contributed by atoms with van der Waals surface area (Å²) in [5, 5.41) is 8.86. The molecular weight excluding hydrogens is 211 g/mol. The highest BCUT2D eigenvalue weighted by Gasteiger charge is 2.51. The zero-order valence-corrected chi connectivity index (χ0v) is 7.27. The lowest BCUT2D eigenvalue weighted by atomic mass is 10.3. The van der Waals surface area contributed by atoms with Crippen LogP contribution < -0.4 is 0 Å². The lowest BCUT2D eigenvalue weighted by Gasteiger charge is -2.17. The highest BCUT2D eigenvalue weighted by molar-refractivity contribution is 7.90. The first-order chi connectivity index (χ1) is 5.75. The topological polar surface area (TPSA) is 57.6 Å². The van der Waals surface area contributed by atoms with E-state index in [1.165, 1.54) is 0 Å². The number of halogens is 3. The minimum absolute atomic E-state index is 0.0509. The average molecular weight is 219 g/mol. The fourth-order valence-electron chi connectivity index (χ4n) is 1.08. The van der Waals surface area contributed by atoms with Crippen LogP contribution >= 0.6 is 0 Å². The molecule has 0 aromatic heterocycles. The molecule has 1 unspecified atom stereocenters. The average Bonchev–Trinajstić information content (AvgIpc) is 2.33. The zero-order valence-electron chi connectivity index (χ0n) is 6.45. The van der Waals surface area contributed by atoms with Crippen LogP contribution in [0.4, 0.5) is 13.2 Å². The number of alkyl halides is 3. The summed E-state index contributed by atoms with van der Waals surface area (Å²) in [6.07, 6.45) is -0.938. The van der Waals surface area contributed by atoms with E-state index in [1.54, 1.807) is 0 Å².